The van der Waals surface area contributed by atoms with Gasteiger partial charge >= 0.3 is 0 Å². The van der Waals surface area contributed by atoms with E-state index in [0.29, 0.717) is 5.56 Å². The van der Waals surface area contributed by atoms with Crippen LogP contribution in [0.15, 0.2) is 53.6 Å². The number of benzene rings is 2. The van der Waals surface area contributed by atoms with Gasteiger partial charge in [-0.15, -0.1) is 0 Å². The van der Waals surface area contributed by atoms with Gasteiger partial charge in [0.15, 0.2) is 0 Å². The lowest BCUT2D eigenvalue weighted by Gasteiger charge is -2.02. The molecule has 0 heterocycles. The molecule has 112 valence electrons. The van der Waals surface area contributed by atoms with Crippen LogP contribution < -0.4 is 10.9 Å². The van der Waals surface area contributed by atoms with Crippen molar-refractivity contribution in [1.82, 2.24) is 10.9 Å². The number of hydrazone groups is 1. The average molecular weight is 299 g/mol. The van der Waals surface area contributed by atoms with Crippen molar-refractivity contribution >= 4 is 18.0 Å². The van der Waals surface area contributed by atoms with E-state index in [4.69, 9.17) is 10.3 Å². The second kappa shape index (κ2) is 7.00. The summed E-state index contributed by atoms with van der Waals surface area (Å²) >= 11 is 0. The van der Waals surface area contributed by atoms with E-state index in [-0.39, 0.29) is 16.9 Å². The fourth-order valence-electron chi connectivity index (χ4n) is 1.66. The molecular formula is C15H13N3O4. The Morgan fingerprint density at radius 1 is 1.00 bits per heavy atom. The molecule has 0 fully saturated rings. The monoisotopic (exact) mass is 299 g/mol. The third-order valence-corrected chi connectivity index (χ3v) is 2.76. The molecule has 0 aliphatic heterocycles. The van der Waals surface area contributed by atoms with Gasteiger partial charge in [0.2, 0.25) is 0 Å². The number of aromatic hydroxyl groups is 1. The summed E-state index contributed by atoms with van der Waals surface area (Å²) < 4.78 is 0. The van der Waals surface area contributed by atoms with E-state index in [1.807, 2.05) is 0 Å². The number of hydrogen-bond acceptors (Lipinski definition) is 5. The van der Waals surface area contributed by atoms with E-state index in [2.05, 4.69) is 10.5 Å². The van der Waals surface area contributed by atoms with E-state index in [1.54, 1.807) is 12.1 Å². The van der Waals surface area contributed by atoms with Gasteiger partial charge in [0.05, 0.1) is 6.21 Å². The summed E-state index contributed by atoms with van der Waals surface area (Å²) in [6.07, 6.45) is 1.42. The molecule has 0 radical (unpaired) electrons. The summed E-state index contributed by atoms with van der Waals surface area (Å²) in [6.45, 7) is 0. The van der Waals surface area contributed by atoms with Gasteiger partial charge in [-0.3, -0.25) is 14.8 Å². The number of phenols is 1. The van der Waals surface area contributed by atoms with Crippen molar-refractivity contribution in [3.63, 3.8) is 0 Å². The molecule has 4 N–H and O–H groups in total. The Hall–Kier alpha value is -3.19. The largest absolute Gasteiger partial charge is 0.508 e. The Morgan fingerprint density at radius 2 is 1.64 bits per heavy atom. The summed E-state index contributed by atoms with van der Waals surface area (Å²) in [6, 6.07) is 12.1. The maximum atomic E-state index is 11.9. The Bertz CT molecular complexity index is 711. The Balaban J connectivity index is 2.03. The Morgan fingerprint density at radius 3 is 2.27 bits per heavy atom. The minimum Gasteiger partial charge on any atom is -0.508 e. The minimum atomic E-state index is -0.706. The van der Waals surface area contributed by atoms with E-state index in [9.17, 15) is 9.59 Å². The first-order chi connectivity index (χ1) is 10.6. The molecule has 7 nitrogen and oxygen atoms in total. The zero-order valence-corrected chi connectivity index (χ0v) is 11.4. The fourth-order valence-corrected chi connectivity index (χ4v) is 1.66. The lowest BCUT2D eigenvalue weighted by atomic mass is 10.1. The normalized spacial score (nSPS) is 10.4. The second-order valence-electron chi connectivity index (χ2n) is 4.31. The highest BCUT2D eigenvalue weighted by molar-refractivity contribution is 5.99. The summed E-state index contributed by atoms with van der Waals surface area (Å²) in [5, 5.41) is 21.5. The van der Waals surface area contributed by atoms with Gasteiger partial charge < -0.3 is 5.11 Å². The number of amides is 2. The smallest absolute Gasteiger partial charge is 0.274 e. The van der Waals surface area contributed by atoms with Crippen molar-refractivity contribution in [1.29, 1.82) is 0 Å². The topological polar surface area (TPSA) is 111 Å². The summed E-state index contributed by atoms with van der Waals surface area (Å²) in [5.74, 6) is -1.06. The molecule has 0 spiro atoms. The van der Waals surface area contributed by atoms with Crippen LogP contribution in [-0.4, -0.2) is 28.3 Å². The van der Waals surface area contributed by atoms with Crippen molar-refractivity contribution in [2.75, 3.05) is 0 Å². The van der Waals surface area contributed by atoms with Crippen molar-refractivity contribution < 1.29 is 19.9 Å². The molecule has 0 aliphatic rings. The van der Waals surface area contributed by atoms with Crippen LogP contribution in [0.3, 0.4) is 0 Å². The molecule has 2 aromatic carbocycles. The quantitative estimate of drug-likeness (QED) is 0.387. The highest BCUT2D eigenvalue weighted by Crippen LogP contribution is 2.08. The van der Waals surface area contributed by atoms with Crippen LogP contribution in [0.5, 0.6) is 5.75 Å². The number of carbonyl (C=O) groups is 2. The molecule has 2 amide bonds. The van der Waals surface area contributed by atoms with Crippen LogP contribution >= 0.6 is 0 Å². The molecule has 0 unspecified atom stereocenters. The molecule has 0 bridgehead atoms. The zero-order valence-electron chi connectivity index (χ0n) is 11.4. The first-order valence-electron chi connectivity index (χ1n) is 6.27. The van der Waals surface area contributed by atoms with Crippen molar-refractivity contribution in [3.8, 4) is 5.75 Å². The second-order valence-corrected chi connectivity index (χ2v) is 4.31. The highest BCUT2D eigenvalue weighted by atomic mass is 16.5. The summed E-state index contributed by atoms with van der Waals surface area (Å²) in [4.78, 5) is 23.2. The van der Waals surface area contributed by atoms with Gasteiger partial charge in [-0.05, 0) is 48.0 Å². The predicted molar refractivity (Wildman–Crippen MR) is 78.9 cm³/mol. The van der Waals surface area contributed by atoms with Crippen molar-refractivity contribution in [2.24, 2.45) is 5.10 Å². The van der Waals surface area contributed by atoms with E-state index >= 15 is 0 Å². The Kier molecular flexibility index (Phi) is 4.84. The summed E-state index contributed by atoms with van der Waals surface area (Å²) in [7, 11) is 0. The molecule has 0 aliphatic carbocycles. The molecule has 2 aromatic rings. The molecule has 0 saturated carbocycles. The third-order valence-electron chi connectivity index (χ3n) is 2.76. The Labute approximate surface area is 125 Å². The standard InChI is InChI=1S/C15H13N3O4/c19-13-6-4-10(5-7-13)9-16-17-14(20)11-2-1-3-12(8-11)15(21)18-22/h1-9,19,22H,(H,17,20)(H,18,21)/b16-9+. The molecule has 22 heavy (non-hydrogen) atoms. The van der Waals surface area contributed by atoms with Crippen LogP contribution in [0.1, 0.15) is 26.3 Å². The zero-order chi connectivity index (χ0) is 15.9. The molecule has 7 heteroatoms. The van der Waals surface area contributed by atoms with E-state index in [0.717, 1.165) is 0 Å². The molecule has 2 rings (SSSR count). The van der Waals surface area contributed by atoms with Crippen LogP contribution in [-0.2, 0) is 0 Å². The van der Waals surface area contributed by atoms with Gasteiger partial charge in [0.1, 0.15) is 5.75 Å². The van der Waals surface area contributed by atoms with Crippen LogP contribution in [0.25, 0.3) is 0 Å². The number of rotatable bonds is 4. The predicted octanol–water partition coefficient (Wildman–Crippen LogP) is 1.28. The van der Waals surface area contributed by atoms with E-state index < -0.39 is 11.8 Å². The van der Waals surface area contributed by atoms with Crippen LogP contribution in [0.2, 0.25) is 0 Å². The first-order valence-corrected chi connectivity index (χ1v) is 6.27. The SMILES string of the molecule is O=C(NO)c1cccc(C(=O)N/N=C/c2ccc(O)cc2)c1. The van der Waals surface area contributed by atoms with Crippen LogP contribution in [0.4, 0.5) is 0 Å². The number of hydroxylamine groups is 1. The number of nitrogens with zero attached hydrogens (tertiary/aromatic N) is 1. The molecule has 0 aromatic heterocycles. The average Bonchev–Trinajstić information content (AvgIpc) is 2.56. The minimum absolute atomic E-state index is 0.139. The first kappa shape index (κ1) is 15.2. The summed E-state index contributed by atoms with van der Waals surface area (Å²) in [5.41, 5.74) is 4.89. The van der Waals surface area contributed by atoms with Gasteiger partial charge in [-0.2, -0.15) is 5.10 Å². The van der Waals surface area contributed by atoms with Crippen molar-refractivity contribution in [2.45, 2.75) is 0 Å². The van der Waals surface area contributed by atoms with Gasteiger partial charge in [-0.1, -0.05) is 6.07 Å². The lowest BCUT2D eigenvalue weighted by Crippen LogP contribution is -2.21. The highest BCUT2D eigenvalue weighted by Gasteiger charge is 2.09. The molecular weight excluding hydrogens is 286 g/mol. The van der Waals surface area contributed by atoms with Gasteiger partial charge in [0.25, 0.3) is 11.8 Å². The van der Waals surface area contributed by atoms with E-state index in [1.165, 1.54) is 48.1 Å². The van der Waals surface area contributed by atoms with Gasteiger partial charge in [0, 0.05) is 11.1 Å². The third kappa shape index (κ3) is 3.90. The molecule has 0 atom stereocenters. The van der Waals surface area contributed by atoms with Gasteiger partial charge in [-0.25, -0.2) is 10.9 Å². The number of phenolic OH excluding ortho intramolecular Hbond substituents is 1. The fraction of sp³-hybridized carbons (Fsp3) is 0. The van der Waals surface area contributed by atoms with Crippen molar-refractivity contribution in [3.05, 3.63) is 65.2 Å². The number of nitrogens with one attached hydrogen (secondary N) is 2. The number of hydrogen-bond donors (Lipinski definition) is 4. The molecule has 0 saturated heterocycles. The van der Waals surface area contributed by atoms with Crippen LogP contribution in [0, 0.1) is 0 Å². The number of carbonyl (C=O) groups excluding carboxylic acids is 2. The maximum absolute atomic E-state index is 11.9. The maximum Gasteiger partial charge on any atom is 0.274 e. The lowest BCUT2D eigenvalue weighted by molar-refractivity contribution is 0.0706.